The quantitative estimate of drug-likeness (QED) is 0.717. The molecule has 1 atom stereocenters. The SMILES string of the molecule is CC(C)CC1(C)CC(=O)N(CCCO)C1=O. The van der Waals surface area contributed by atoms with E-state index in [1.807, 2.05) is 6.92 Å². The monoisotopic (exact) mass is 227 g/mol. The van der Waals surface area contributed by atoms with Crippen LogP contribution in [0.2, 0.25) is 0 Å². The summed E-state index contributed by atoms with van der Waals surface area (Å²) in [6.45, 7) is 6.34. The molecule has 0 aromatic rings. The molecule has 1 N–H and O–H groups in total. The summed E-state index contributed by atoms with van der Waals surface area (Å²) in [7, 11) is 0. The highest BCUT2D eigenvalue weighted by atomic mass is 16.3. The molecule has 1 fully saturated rings. The van der Waals surface area contributed by atoms with E-state index in [1.165, 1.54) is 4.90 Å². The lowest BCUT2D eigenvalue weighted by atomic mass is 9.80. The Labute approximate surface area is 96.6 Å². The maximum Gasteiger partial charge on any atom is 0.235 e. The van der Waals surface area contributed by atoms with Crippen LogP contribution in [0.4, 0.5) is 0 Å². The predicted octanol–water partition coefficient (Wildman–Crippen LogP) is 1.18. The fourth-order valence-electron chi connectivity index (χ4n) is 2.46. The van der Waals surface area contributed by atoms with E-state index < -0.39 is 5.41 Å². The van der Waals surface area contributed by atoms with Crippen molar-refractivity contribution in [1.82, 2.24) is 4.90 Å². The number of rotatable bonds is 5. The Morgan fingerprint density at radius 2 is 2.06 bits per heavy atom. The summed E-state index contributed by atoms with van der Waals surface area (Å²) in [5.74, 6) is 0.237. The van der Waals surface area contributed by atoms with Crippen LogP contribution < -0.4 is 0 Å². The van der Waals surface area contributed by atoms with Crippen molar-refractivity contribution < 1.29 is 14.7 Å². The van der Waals surface area contributed by atoms with E-state index in [0.717, 1.165) is 6.42 Å². The van der Waals surface area contributed by atoms with E-state index >= 15 is 0 Å². The summed E-state index contributed by atoms with van der Waals surface area (Å²) in [4.78, 5) is 25.1. The lowest BCUT2D eigenvalue weighted by Crippen LogP contribution is -2.35. The minimum Gasteiger partial charge on any atom is -0.396 e. The molecule has 1 rings (SSSR count). The molecule has 2 amide bonds. The smallest absolute Gasteiger partial charge is 0.235 e. The van der Waals surface area contributed by atoms with Crippen LogP contribution in [0.25, 0.3) is 0 Å². The standard InChI is InChI=1S/C12H21NO3/c1-9(2)7-12(3)8-10(15)13(11(12)16)5-4-6-14/h9,14H,4-8H2,1-3H3. The summed E-state index contributed by atoms with van der Waals surface area (Å²) in [5, 5.41) is 8.73. The molecule has 0 bridgehead atoms. The number of imide groups is 1. The third kappa shape index (κ3) is 2.61. The maximum atomic E-state index is 12.1. The minimum absolute atomic E-state index is 0.0119. The van der Waals surface area contributed by atoms with Crippen LogP contribution in [0.1, 0.15) is 40.0 Å². The van der Waals surface area contributed by atoms with E-state index in [2.05, 4.69) is 13.8 Å². The molecular formula is C12H21NO3. The molecule has 0 aromatic carbocycles. The van der Waals surface area contributed by atoms with Crippen molar-refractivity contribution in [2.75, 3.05) is 13.2 Å². The van der Waals surface area contributed by atoms with Crippen molar-refractivity contribution in [3.63, 3.8) is 0 Å². The molecule has 0 saturated carbocycles. The predicted molar refractivity (Wildman–Crippen MR) is 60.6 cm³/mol. The van der Waals surface area contributed by atoms with Gasteiger partial charge in [0.1, 0.15) is 0 Å². The summed E-state index contributed by atoms with van der Waals surface area (Å²) in [6.07, 6.45) is 1.53. The van der Waals surface area contributed by atoms with Gasteiger partial charge in [-0.15, -0.1) is 0 Å². The number of carbonyl (C=O) groups is 2. The summed E-state index contributed by atoms with van der Waals surface area (Å²) in [5.41, 5.74) is -0.527. The molecule has 0 aliphatic carbocycles. The molecule has 1 unspecified atom stereocenters. The van der Waals surface area contributed by atoms with Gasteiger partial charge in [-0.05, 0) is 18.8 Å². The molecule has 4 nitrogen and oxygen atoms in total. The second-order valence-electron chi connectivity index (χ2n) is 5.26. The van der Waals surface area contributed by atoms with Crippen molar-refractivity contribution >= 4 is 11.8 Å². The number of hydrogen-bond donors (Lipinski definition) is 1. The first-order valence-corrected chi connectivity index (χ1v) is 5.86. The number of carbonyl (C=O) groups excluding carboxylic acids is 2. The highest BCUT2D eigenvalue weighted by Gasteiger charge is 2.47. The van der Waals surface area contributed by atoms with Gasteiger partial charge in [-0.1, -0.05) is 20.8 Å². The van der Waals surface area contributed by atoms with Crippen LogP contribution in [-0.2, 0) is 9.59 Å². The van der Waals surface area contributed by atoms with Crippen LogP contribution in [0.15, 0.2) is 0 Å². The van der Waals surface area contributed by atoms with E-state index in [4.69, 9.17) is 5.11 Å². The van der Waals surface area contributed by atoms with Crippen LogP contribution in [0.3, 0.4) is 0 Å². The van der Waals surface area contributed by atoms with Crippen molar-refractivity contribution in [2.45, 2.75) is 40.0 Å². The van der Waals surface area contributed by atoms with Crippen molar-refractivity contribution in [3.8, 4) is 0 Å². The number of aliphatic hydroxyl groups is 1. The van der Waals surface area contributed by atoms with Gasteiger partial charge in [0.2, 0.25) is 11.8 Å². The zero-order valence-corrected chi connectivity index (χ0v) is 10.3. The Hall–Kier alpha value is -0.900. The van der Waals surface area contributed by atoms with Gasteiger partial charge >= 0.3 is 0 Å². The first-order valence-electron chi connectivity index (χ1n) is 5.86. The first kappa shape index (κ1) is 13.2. The number of nitrogens with zero attached hydrogens (tertiary/aromatic N) is 1. The second kappa shape index (κ2) is 4.95. The average Bonchev–Trinajstić information content (AvgIpc) is 2.35. The van der Waals surface area contributed by atoms with Gasteiger partial charge in [0, 0.05) is 19.6 Å². The third-order valence-electron chi connectivity index (χ3n) is 3.00. The van der Waals surface area contributed by atoms with Gasteiger partial charge in [-0.3, -0.25) is 14.5 Å². The number of amides is 2. The van der Waals surface area contributed by atoms with Gasteiger partial charge in [-0.2, -0.15) is 0 Å². The first-order chi connectivity index (χ1) is 7.40. The van der Waals surface area contributed by atoms with Gasteiger partial charge in [0.05, 0.1) is 5.41 Å². The van der Waals surface area contributed by atoms with E-state index in [9.17, 15) is 9.59 Å². The zero-order chi connectivity index (χ0) is 12.3. The zero-order valence-electron chi connectivity index (χ0n) is 10.3. The van der Waals surface area contributed by atoms with Gasteiger partial charge in [0.15, 0.2) is 0 Å². The minimum atomic E-state index is -0.527. The molecule has 0 radical (unpaired) electrons. The van der Waals surface area contributed by atoms with Crippen molar-refractivity contribution in [2.24, 2.45) is 11.3 Å². The second-order valence-corrected chi connectivity index (χ2v) is 5.26. The van der Waals surface area contributed by atoms with Gasteiger partial charge in [-0.25, -0.2) is 0 Å². The van der Waals surface area contributed by atoms with E-state index in [0.29, 0.717) is 25.3 Å². The topological polar surface area (TPSA) is 57.6 Å². The molecule has 0 aromatic heterocycles. The highest BCUT2D eigenvalue weighted by molar-refractivity contribution is 6.05. The molecule has 0 spiro atoms. The summed E-state index contributed by atoms with van der Waals surface area (Å²) < 4.78 is 0. The lowest BCUT2D eigenvalue weighted by molar-refractivity contribution is -0.141. The normalized spacial score (nSPS) is 25.9. The summed E-state index contributed by atoms with van der Waals surface area (Å²) in [6, 6.07) is 0. The van der Waals surface area contributed by atoms with Crippen LogP contribution in [0.5, 0.6) is 0 Å². The molecule has 4 heteroatoms. The van der Waals surface area contributed by atoms with Gasteiger partial charge < -0.3 is 5.11 Å². The molecule has 92 valence electrons. The van der Waals surface area contributed by atoms with Crippen LogP contribution in [0, 0.1) is 11.3 Å². The Kier molecular flexibility index (Phi) is 4.08. The number of likely N-dealkylation sites (tertiary alicyclic amines) is 1. The Morgan fingerprint density at radius 1 is 1.44 bits per heavy atom. The van der Waals surface area contributed by atoms with Crippen molar-refractivity contribution in [3.05, 3.63) is 0 Å². The molecule has 1 aliphatic heterocycles. The van der Waals surface area contributed by atoms with Crippen molar-refractivity contribution in [1.29, 1.82) is 0 Å². The van der Waals surface area contributed by atoms with E-state index in [-0.39, 0.29) is 18.4 Å². The molecule has 1 aliphatic rings. The highest BCUT2D eigenvalue weighted by Crippen LogP contribution is 2.38. The van der Waals surface area contributed by atoms with E-state index in [1.54, 1.807) is 0 Å². The number of hydrogen-bond acceptors (Lipinski definition) is 3. The molecular weight excluding hydrogens is 206 g/mol. The fourth-order valence-corrected chi connectivity index (χ4v) is 2.46. The number of aliphatic hydroxyl groups excluding tert-OH is 1. The van der Waals surface area contributed by atoms with Crippen LogP contribution in [-0.4, -0.2) is 35.0 Å². The summed E-state index contributed by atoms with van der Waals surface area (Å²) >= 11 is 0. The molecule has 16 heavy (non-hydrogen) atoms. The Balaban J connectivity index is 2.72. The maximum absolute atomic E-state index is 12.1. The largest absolute Gasteiger partial charge is 0.396 e. The molecule has 1 saturated heterocycles. The fraction of sp³-hybridized carbons (Fsp3) is 0.833. The van der Waals surface area contributed by atoms with Gasteiger partial charge in [0.25, 0.3) is 0 Å². The molecule has 1 heterocycles. The Morgan fingerprint density at radius 3 is 2.56 bits per heavy atom. The third-order valence-corrected chi connectivity index (χ3v) is 3.00. The van der Waals surface area contributed by atoms with Crippen LogP contribution >= 0.6 is 0 Å². The lowest BCUT2D eigenvalue weighted by Gasteiger charge is -2.23. The average molecular weight is 227 g/mol. The Bertz CT molecular complexity index is 288.